The van der Waals surface area contributed by atoms with E-state index in [4.69, 9.17) is 0 Å². The standard InChI is InChI=1S/C18H25N5/c1-20-10-12-22(13-11-20)17-5-4-16(23-8-3-7-19-14-23)15-6-9-21(2)18(15)17/h3-6,8-9,19H,7,10-14H2,1-2H3. The molecule has 0 radical (unpaired) electrons. The molecule has 5 nitrogen and oxygen atoms in total. The number of likely N-dealkylation sites (N-methyl/N-ethyl adjacent to an activating group) is 1. The molecule has 5 heteroatoms. The summed E-state index contributed by atoms with van der Waals surface area (Å²) < 4.78 is 2.26. The van der Waals surface area contributed by atoms with Gasteiger partial charge in [0.1, 0.15) is 0 Å². The summed E-state index contributed by atoms with van der Waals surface area (Å²) in [5, 5.41) is 4.73. The molecule has 0 atom stereocenters. The summed E-state index contributed by atoms with van der Waals surface area (Å²) in [5.74, 6) is 0. The van der Waals surface area contributed by atoms with Gasteiger partial charge in [0.2, 0.25) is 0 Å². The van der Waals surface area contributed by atoms with Crippen LogP contribution in [0.25, 0.3) is 10.9 Å². The zero-order valence-electron chi connectivity index (χ0n) is 14.0. The van der Waals surface area contributed by atoms with Crippen LogP contribution in [0.1, 0.15) is 0 Å². The van der Waals surface area contributed by atoms with Gasteiger partial charge in [0.05, 0.1) is 23.6 Å². The molecule has 0 spiro atoms. The van der Waals surface area contributed by atoms with E-state index < -0.39 is 0 Å². The average Bonchev–Trinajstić information content (AvgIpc) is 2.98. The van der Waals surface area contributed by atoms with E-state index >= 15 is 0 Å². The van der Waals surface area contributed by atoms with E-state index in [0.29, 0.717) is 0 Å². The van der Waals surface area contributed by atoms with Crippen molar-refractivity contribution in [3.05, 3.63) is 36.7 Å². The fourth-order valence-corrected chi connectivity index (χ4v) is 3.60. The Hall–Kier alpha value is -1.98. The first-order valence-electron chi connectivity index (χ1n) is 8.39. The first-order valence-corrected chi connectivity index (χ1v) is 8.39. The predicted octanol–water partition coefficient (Wildman–Crippen LogP) is 1.81. The van der Waals surface area contributed by atoms with Gasteiger partial charge in [0, 0.05) is 57.6 Å². The van der Waals surface area contributed by atoms with E-state index in [1.165, 1.54) is 22.3 Å². The number of nitrogens with one attached hydrogen (secondary N) is 1. The smallest absolute Gasteiger partial charge is 0.0736 e. The number of anilines is 2. The van der Waals surface area contributed by atoms with Gasteiger partial charge < -0.3 is 19.3 Å². The van der Waals surface area contributed by atoms with Crippen molar-refractivity contribution < 1.29 is 0 Å². The predicted molar refractivity (Wildman–Crippen MR) is 97.1 cm³/mol. The monoisotopic (exact) mass is 311 g/mol. The zero-order valence-corrected chi connectivity index (χ0v) is 14.0. The highest BCUT2D eigenvalue weighted by molar-refractivity contribution is 6.01. The summed E-state index contributed by atoms with van der Waals surface area (Å²) in [5.41, 5.74) is 3.98. The summed E-state index contributed by atoms with van der Waals surface area (Å²) in [4.78, 5) is 7.22. The Bertz CT molecular complexity index is 724. The molecule has 0 aliphatic carbocycles. The minimum atomic E-state index is 0.869. The second kappa shape index (κ2) is 5.91. The van der Waals surface area contributed by atoms with Crippen LogP contribution in [0.4, 0.5) is 11.4 Å². The van der Waals surface area contributed by atoms with Crippen LogP contribution in [0.5, 0.6) is 0 Å². The Morgan fingerprint density at radius 3 is 2.48 bits per heavy atom. The molecule has 4 rings (SSSR count). The molecule has 0 amide bonds. The van der Waals surface area contributed by atoms with Crippen molar-refractivity contribution in [3.63, 3.8) is 0 Å². The third-order valence-corrected chi connectivity index (χ3v) is 4.97. The van der Waals surface area contributed by atoms with Gasteiger partial charge in [-0.15, -0.1) is 0 Å². The number of benzene rings is 1. The Labute approximate surface area is 137 Å². The molecule has 1 aromatic carbocycles. The van der Waals surface area contributed by atoms with Crippen molar-refractivity contribution in [2.45, 2.75) is 0 Å². The first-order chi connectivity index (χ1) is 11.2. The third kappa shape index (κ3) is 2.60. The quantitative estimate of drug-likeness (QED) is 0.915. The Kier molecular flexibility index (Phi) is 3.75. The van der Waals surface area contributed by atoms with Crippen molar-refractivity contribution in [1.82, 2.24) is 14.8 Å². The summed E-state index contributed by atoms with van der Waals surface area (Å²) in [6, 6.07) is 6.81. The van der Waals surface area contributed by atoms with Gasteiger partial charge in [-0.1, -0.05) is 6.08 Å². The molecule has 0 saturated carbocycles. The molecule has 2 aromatic rings. The number of rotatable bonds is 2. The van der Waals surface area contributed by atoms with Crippen LogP contribution in [0.2, 0.25) is 0 Å². The van der Waals surface area contributed by atoms with E-state index in [0.717, 1.165) is 39.4 Å². The summed E-state index contributed by atoms with van der Waals surface area (Å²) in [7, 11) is 4.35. The van der Waals surface area contributed by atoms with Crippen LogP contribution >= 0.6 is 0 Å². The normalized spacial score (nSPS) is 19.7. The van der Waals surface area contributed by atoms with Gasteiger partial charge in [0.15, 0.2) is 0 Å². The molecule has 2 aliphatic rings. The molecule has 1 N–H and O–H groups in total. The Morgan fingerprint density at radius 1 is 0.957 bits per heavy atom. The van der Waals surface area contributed by atoms with Crippen LogP contribution in [0.3, 0.4) is 0 Å². The molecule has 2 aliphatic heterocycles. The summed E-state index contributed by atoms with van der Waals surface area (Å²) >= 11 is 0. The zero-order chi connectivity index (χ0) is 15.8. The van der Waals surface area contributed by atoms with Crippen molar-refractivity contribution in [3.8, 4) is 0 Å². The largest absolute Gasteiger partial charge is 0.367 e. The highest BCUT2D eigenvalue weighted by Gasteiger charge is 2.20. The third-order valence-electron chi connectivity index (χ3n) is 4.97. The fourth-order valence-electron chi connectivity index (χ4n) is 3.60. The number of hydrogen-bond acceptors (Lipinski definition) is 4. The van der Waals surface area contributed by atoms with Crippen molar-refractivity contribution >= 4 is 22.3 Å². The van der Waals surface area contributed by atoms with Crippen molar-refractivity contribution in [2.24, 2.45) is 7.05 Å². The number of hydrogen-bond donors (Lipinski definition) is 1. The number of aromatic nitrogens is 1. The van der Waals surface area contributed by atoms with Crippen molar-refractivity contribution in [2.75, 3.05) is 56.2 Å². The highest BCUT2D eigenvalue weighted by Crippen LogP contribution is 2.35. The Balaban J connectivity index is 1.77. The van der Waals surface area contributed by atoms with Gasteiger partial charge in [-0.2, -0.15) is 0 Å². The molecular weight excluding hydrogens is 286 g/mol. The summed E-state index contributed by atoms with van der Waals surface area (Å²) in [6.07, 6.45) is 6.54. The molecule has 23 heavy (non-hydrogen) atoms. The summed E-state index contributed by atoms with van der Waals surface area (Å²) in [6.45, 7) is 6.28. The molecule has 3 heterocycles. The van der Waals surface area contributed by atoms with Gasteiger partial charge in [-0.25, -0.2) is 0 Å². The van der Waals surface area contributed by atoms with Gasteiger partial charge >= 0.3 is 0 Å². The van der Waals surface area contributed by atoms with Crippen LogP contribution in [-0.4, -0.2) is 55.9 Å². The van der Waals surface area contributed by atoms with Gasteiger partial charge in [-0.05, 0) is 25.2 Å². The number of nitrogens with zero attached hydrogens (tertiary/aromatic N) is 4. The van der Waals surface area contributed by atoms with Crippen LogP contribution in [0, 0.1) is 0 Å². The van der Waals surface area contributed by atoms with E-state index in [-0.39, 0.29) is 0 Å². The number of aryl methyl sites for hydroxylation is 1. The lowest BCUT2D eigenvalue weighted by atomic mass is 10.1. The van der Waals surface area contributed by atoms with Gasteiger partial charge in [-0.3, -0.25) is 5.32 Å². The van der Waals surface area contributed by atoms with Crippen LogP contribution in [-0.2, 0) is 7.05 Å². The maximum Gasteiger partial charge on any atom is 0.0736 e. The van der Waals surface area contributed by atoms with E-state index in [2.05, 4.69) is 75.4 Å². The molecule has 122 valence electrons. The Morgan fingerprint density at radius 2 is 1.74 bits per heavy atom. The molecule has 0 unspecified atom stereocenters. The molecule has 1 saturated heterocycles. The number of fused-ring (bicyclic) bond motifs is 1. The van der Waals surface area contributed by atoms with Crippen molar-refractivity contribution in [1.29, 1.82) is 0 Å². The highest BCUT2D eigenvalue weighted by atomic mass is 15.3. The minimum absolute atomic E-state index is 0.869. The lowest BCUT2D eigenvalue weighted by Gasteiger charge is -2.35. The SMILES string of the molecule is CN1CCN(c2ccc(N3C=CCNC3)c3ccn(C)c23)CC1. The lowest BCUT2D eigenvalue weighted by Crippen LogP contribution is -2.44. The van der Waals surface area contributed by atoms with E-state index in [9.17, 15) is 0 Å². The topological polar surface area (TPSA) is 26.7 Å². The van der Waals surface area contributed by atoms with E-state index in [1.807, 2.05) is 0 Å². The molecule has 1 fully saturated rings. The maximum absolute atomic E-state index is 3.40. The second-order valence-electron chi connectivity index (χ2n) is 6.55. The van der Waals surface area contributed by atoms with Gasteiger partial charge in [0.25, 0.3) is 0 Å². The second-order valence-corrected chi connectivity index (χ2v) is 6.55. The van der Waals surface area contributed by atoms with Crippen LogP contribution < -0.4 is 15.1 Å². The minimum Gasteiger partial charge on any atom is -0.367 e. The first kappa shape index (κ1) is 14.6. The molecule has 1 aromatic heterocycles. The molecular formula is C18H25N5. The lowest BCUT2D eigenvalue weighted by molar-refractivity contribution is 0.313. The van der Waals surface area contributed by atoms with E-state index in [1.54, 1.807) is 0 Å². The molecule has 0 bridgehead atoms. The fraction of sp³-hybridized carbons (Fsp3) is 0.444. The number of piperazine rings is 1. The maximum atomic E-state index is 3.40. The average molecular weight is 311 g/mol. The van der Waals surface area contributed by atoms with Crippen LogP contribution in [0.15, 0.2) is 36.7 Å².